The minimum absolute atomic E-state index is 0.210. The largest absolute Gasteiger partial charge is 0.406 e. The van der Waals surface area contributed by atoms with Gasteiger partial charge in [0, 0.05) is 13.0 Å². The molecule has 0 radical (unpaired) electrons. The molecule has 1 aliphatic carbocycles. The smallest absolute Gasteiger partial charge is 0.331 e. The lowest BCUT2D eigenvalue weighted by Crippen LogP contribution is -2.45. The van der Waals surface area contributed by atoms with Crippen LogP contribution in [0.5, 0.6) is 0 Å². The molecule has 1 saturated carbocycles. The molecule has 0 bridgehead atoms. The fourth-order valence-corrected chi connectivity index (χ4v) is 2.08. The Hall–Kier alpha value is -0.740. The molecule has 0 spiro atoms. The second-order valence-electron chi connectivity index (χ2n) is 4.05. The van der Waals surface area contributed by atoms with Gasteiger partial charge in [0.15, 0.2) is 0 Å². The van der Waals surface area contributed by atoms with Gasteiger partial charge in [-0.1, -0.05) is 19.3 Å². The lowest BCUT2D eigenvalue weighted by molar-refractivity contribution is -0.165. The van der Waals surface area contributed by atoms with Crippen LogP contribution in [0.25, 0.3) is 0 Å². The van der Waals surface area contributed by atoms with Gasteiger partial charge in [-0.25, -0.2) is 0 Å². The van der Waals surface area contributed by atoms with E-state index in [9.17, 15) is 18.0 Å². The molecular formula is C10H16F3NO. The van der Waals surface area contributed by atoms with E-state index in [1.54, 1.807) is 0 Å². The summed E-state index contributed by atoms with van der Waals surface area (Å²) in [4.78, 5) is 12.1. The highest BCUT2D eigenvalue weighted by Crippen LogP contribution is 2.26. The van der Waals surface area contributed by atoms with Crippen molar-refractivity contribution in [3.05, 3.63) is 0 Å². The van der Waals surface area contributed by atoms with Crippen LogP contribution in [0.3, 0.4) is 0 Å². The predicted octanol–water partition coefficient (Wildman–Crippen LogP) is 2.73. The fraction of sp³-hybridized carbons (Fsp3) is 0.900. The second-order valence-corrected chi connectivity index (χ2v) is 4.05. The van der Waals surface area contributed by atoms with Gasteiger partial charge in [-0.2, -0.15) is 13.2 Å². The highest BCUT2D eigenvalue weighted by Gasteiger charge is 2.35. The summed E-state index contributed by atoms with van der Waals surface area (Å²) < 4.78 is 36.7. The van der Waals surface area contributed by atoms with Gasteiger partial charge in [0.2, 0.25) is 5.91 Å². The topological polar surface area (TPSA) is 20.3 Å². The van der Waals surface area contributed by atoms with E-state index in [1.807, 2.05) is 0 Å². The molecule has 0 aromatic heterocycles. The lowest BCUT2D eigenvalue weighted by Gasteiger charge is -2.34. The number of halogens is 3. The Morgan fingerprint density at radius 3 is 2.20 bits per heavy atom. The average Bonchev–Trinajstić information content (AvgIpc) is 2.14. The fourth-order valence-electron chi connectivity index (χ4n) is 2.08. The summed E-state index contributed by atoms with van der Waals surface area (Å²) in [6, 6.07) is -0.210. The maximum Gasteiger partial charge on any atom is 0.406 e. The van der Waals surface area contributed by atoms with Gasteiger partial charge < -0.3 is 4.90 Å². The first kappa shape index (κ1) is 12.3. The van der Waals surface area contributed by atoms with Crippen LogP contribution in [-0.4, -0.2) is 29.6 Å². The maximum absolute atomic E-state index is 12.2. The van der Waals surface area contributed by atoms with E-state index in [1.165, 1.54) is 6.92 Å². The van der Waals surface area contributed by atoms with Crippen LogP contribution in [-0.2, 0) is 4.79 Å². The summed E-state index contributed by atoms with van der Waals surface area (Å²) in [5.74, 6) is -0.473. The normalized spacial score (nSPS) is 18.9. The first-order valence-electron chi connectivity index (χ1n) is 5.24. The van der Waals surface area contributed by atoms with Gasteiger partial charge in [-0.15, -0.1) is 0 Å². The molecule has 0 aromatic carbocycles. The Bertz CT molecular complexity index is 221. The maximum atomic E-state index is 12.2. The summed E-state index contributed by atoms with van der Waals surface area (Å²) in [7, 11) is 0. The molecule has 88 valence electrons. The molecule has 15 heavy (non-hydrogen) atoms. The Kier molecular flexibility index (Phi) is 3.99. The monoisotopic (exact) mass is 223 g/mol. The van der Waals surface area contributed by atoms with Crippen molar-refractivity contribution < 1.29 is 18.0 Å². The first-order chi connectivity index (χ1) is 6.90. The molecular weight excluding hydrogens is 207 g/mol. The van der Waals surface area contributed by atoms with Gasteiger partial charge in [-0.3, -0.25) is 4.79 Å². The van der Waals surface area contributed by atoms with Crippen molar-refractivity contribution >= 4 is 5.91 Å². The third-order valence-electron chi connectivity index (χ3n) is 2.77. The molecule has 1 fully saturated rings. The lowest BCUT2D eigenvalue weighted by atomic mass is 9.94. The van der Waals surface area contributed by atoms with E-state index in [4.69, 9.17) is 0 Å². The van der Waals surface area contributed by atoms with Crippen molar-refractivity contribution in [2.45, 2.75) is 51.2 Å². The zero-order chi connectivity index (χ0) is 11.5. The number of carbonyl (C=O) groups is 1. The third-order valence-corrected chi connectivity index (χ3v) is 2.77. The molecule has 0 aromatic rings. The SMILES string of the molecule is CC(=O)N(CC(F)(F)F)C1CCCCC1. The van der Waals surface area contributed by atoms with Crippen molar-refractivity contribution in [3.63, 3.8) is 0 Å². The molecule has 0 saturated heterocycles. The zero-order valence-electron chi connectivity index (χ0n) is 8.81. The molecule has 1 amide bonds. The van der Waals surface area contributed by atoms with E-state index in [0.29, 0.717) is 12.8 Å². The molecule has 1 aliphatic rings. The number of carbonyl (C=O) groups excluding carboxylic acids is 1. The molecule has 5 heteroatoms. The second kappa shape index (κ2) is 4.86. The number of alkyl halides is 3. The molecule has 0 aliphatic heterocycles. The van der Waals surface area contributed by atoms with Crippen LogP contribution in [0, 0.1) is 0 Å². The number of amides is 1. The highest BCUT2D eigenvalue weighted by molar-refractivity contribution is 5.73. The van der Waals surface area contributed by atoms with Crippen molar-refractivity contribution in [2.24, 2.45) is 0 Å². The number of hydrogen-bond acceptors (Lipinski definition) is 1. The van der Waals surface area contributed by atoms with Crippen LogP contribution < -0.4 is 0 Å². The van der Waals surface area contributed by atoms with Crippen molar-refractivity contribution in [1.29, 1.82) is 0 Å². The van der Waals surface area contributed by atoms with Gasteiger partial charge in [0.25, 0.3) is 0 Å². The molecule has 0 heterocycles. The standard InChI is InChI=1S/C10H16F3NO/c1-8(15)14(7-10(11,12)13)9-5-3-2-4-6-9/h9H,2-7H2,1H3. The molecule has 1 rings (SSSR count). The van der Waals surface area contributed by atoms with Gasteiger partial charge in [-0.05, 0) is 12.8 Å². The average molecular weight is 223 g/mol. The zero-order valence-corrected chi connectivity index (χ0v) is 8.81. The Morgan fingerprint density at radius 1 is 1.27 bits per heavy atom. The third kappa shape index (κ3) is 4.10. The van der Waals surface area contributed by atoms with Crippen LogP contribution in [0.1, 0.15) is 39.0 Å². The highest BCUT2D eigenvalue weighted by atomic mass is 19.4. The molecule has 0 N–H and O–H groups in total. The summed E-state index contributed by atoms with van der Waals surface area (Å²) in [5.41, 5.74) is 0. The van der Waals surface area contributed by atoms with Gasteiger partial charge in [0.05, 0.1) is 0 Å². The van der Waals surface area contributed by atoms with E-state index < -0.39 is 18.6 Å². The minimum atomic E-state index is -4.29. The summed E-state index contributed by atoms with van der Waals surface area (Å²) in [6.45, 7) is 0.105. The van der Waals surface area contributed by atoms with E-state index in [0.717, 1.165) is 24.2 Å². The Balaban J connectivity index is 2.60. The molecule has 2 nitrogen and oxygen atoms in total. The van der Waals surface area contributed by atoms with Crippen LogP contribution in [0.2, 0.25) is 0 Å². The Labute approximate surface area is 87.4 Å². The quantitative estimate of drug-likeness (QED) is 0.704. The number of nitrogens with zero attached hydrogens (tertiary/aromatic N) is 1. The minimum Gasteiger partial charge on any atom is -0.331 e. The van der Waals surface area contributed by atoms with Crippen LogP contribution in [0.15, 0.2) is 0 Å². The predicted molar refractivity (Wildman–Crippen MR) is 50.3 cm³/mol. The van der Waals surface area contributed by atoms with Gasteiger partial charge >= 0.3 is 6.18 Å². The van der Waals surface area contributed by atoms with Crippen LogP contribution >= 0.6 is 0 Å². The van der Waals surface area contributed by atoms with Crippen LogP contribution in [0.4, 0.5) is 13.2 Å². The van der Waals surface area contributed by atoms with Crippen molar-refractivity contribution in [3.8, 4) is 0 Å². The van der Waals surface area contributed by atoms with E-state index in [-0.39, 0.29) is 6.04 Å². The summed E-state index contributed by atoms with van der Waals surface area (Å²) in [6.07, 6.45) is 0.0291. The van der Waals surface area contributed by atoms with Gasteiger partial charge in [0.1, 0.15) is 6.54 Å². The first-order valence-corrected chi connectivity index (χ1v) is 5.24. The number of hydrogen-bond donors (Lipinski definition) is 0. The van der Waals surface area contributed by atoms with E-state index in [2.05, 4.69) is 0 Å². The summed E-state index contributed by atoms with van der Waals surface area (Å²) >= 11 is 0. The number of rotatable bonds is 2. The molecule has 0 unspecified atom stereocenters. The van der Waals surface area contributed by atoms with Crippen molar-refractivity contribution in [1.82, 2.24) is 4.90 Å². The molecule has 0 atom stereocenters. The van der Waals surface area contributed by atoms with E-state index >= 15 is 0 Å². The Morgan fingerprint density at radius 2 is 1.80 bits per heavy atom. The van der Waals surface area contributed by atoms with Crippen molar-refractivity contribution in [2.75, 3.05) is 6.54 Å². The summed E-state index contributed by atoms with van der Waals surface area (Å²) in [5, 5.41) is 0.